The van der Waals surface area contributed by atoms with Gasteiger partial charge in [-0.25, -0.2) is 4.79 Å². The van der Waals surface area contributed by atoms with Crippen molar-refractivity contribution >= 4 is 11.9 Å². The molecular formula is C7H13F3N2O4. The number of aliphatic carboxylic acids is 2. The van der Waals surface area contributed by atoms with Crippen molar-refractivity contribution in [2.24, 2.45) is 0 Å². The normalized spacial score (nSPS) is 10.2. The average molecular weight is 246 g/mol. The molecular weight excluding hydrogens is 233 g/mol. The van der Waals surface area contributed by atoms with Crippen LogP contribution in [0.2, 0.25) is 0 Å². The molecule has 16 heavy (non-hydrogen) atoms. The molecule has 0 heterocycles. The summed E-state index contributed by atoms with van der Waals surface area (Å²) in [6, 6.07) is 0. The highest BCUT2D eigenvalue weighted by Crippen LogP contribution is 2.13. The lowest BCUT2D eigenvalue weighted by molar-refractivity contribution is -0.192. The number of rotatable bonds is 5. The molecule has 0 bridgehead atoms. The molecule has 96 valence electrons. The summed E-state index contributed by atoms with van der Waals surface area (Å²) in [4.78, 5) is 18.8. The van der Waals surface area contributed by atoms with Crippen molar-refractivity contribution < 1.29 is 33.0 Å². The van der Waals surface area contributed by atoms with Crippen LogP contribution in [-0.2, 0) is 9.59 Å². The van der Waals surface area contributed by atoms with E-state index >= 15 is 0 Å². The van der Waals surface area contributed by atoms with Crippen molar-refractivity contribution in [2.75, 3.05) is 26.7 Å². The second-order valence-corrected chi connectivity index (χ2v) is 2.48. The van der Waals surface area contributed by atoms with Gasteiger partial charge < -0.3 is 20.8 Å². The van der Waals surface area contributed by atoms with Crippen LogP contribution >= 0.6 is 0 Å². The Morgan fingerprint density at radius 3 is 1.88 bits per heavy atom. The smallest absolute Gasteiger partial charge is 0.480 e. The Morgan fingerprint density at radius 2 is 1.62 bits per heavy atom. The molecule has 0 atom stereocenters. The highest BCUT2D eigenvalue weighted by atomic mass is 19.4. The molecule has 0 fully saturated rings. The fraction of sp³-hybridized carbons (Fsp3) is 0.714. The van der Waals surface area contributed by atoms with E-state index in [1.807, 2.05) is 7.05 Å². The highest BCUT2D eigenvalue weighted by Gasteiger charge is 2.38. The molecule has 0 unspecified atom stereocenters. The minimum atomic E-state index is -5.08. The maximum Gasteiger partial charge on any atom is 0.490 e. The number of carbonyl (C=O) groups is 2. The fourth-order valence-corrected chi connectivity index (χ4v) is 0.409. The number of alkyl halides is 3. The SMILES string of the molecule is CNCCNCC(=O)O.O=C(O)C(F)(F)F. The van der Waals surface area contributed by atoms with Crippen molar-refractivity contribution in [1.29, 1.82) is 0 Å². The molecule has 0 aliphatic carbocycles. The Balaban J connectivity index is 0. The van der Waals surface area contributed by atoms with E-state index in [-0.39, 0.29) is 6.54 Å². The van der Waals surface area contributed by atoms with Crippen LogP contribution in [-0.4, -0.2) is 55.0 Å². The van der Waals surface area contributed by atoms with Crippen LogP contribution in [0.1, 0.15) is 0 Å². The molecule has 0 spiro atoms. The molecule has 0 saturated carbocycles. The Kier molecular flexibility index (Phi) is 9.51. The van der Waals surface area contributed by atoms with Crippen LogP contribution in [0, 0.1) is 0 Å². The van der Waals surface area contributed by atoms with E-state index in [2.05, 4.69) is 10.6 Å². The van der Waals surface area contributed by atoms with Gasteiger partial charge in [-0.05, 0) is 7.05 Å². The van der Waals surface area contributed by atoms with Gasteiger partial charge in [0.25, 0.3) is 0 Å². The predicted molar refractivity (Wildman–Crippen MR) is 48.1 cm³/mol. The third-order valence-corrected chi connectivity index (χ3v) is 1.07. The monoisotopic (exact) mass is 246 g/mol. The molecule has 0 aromatic rings. The van der Waals surface area contributed by atoms with Crippen LogP contribution in [0.3, 0.4) is 0 Å². The van der Waals surface area contributed by atoms with Crippen LogP contribution < -0.4 is 10.6 Å². The molecule has 0 saturated heterocycles. The first-order chi connectivity index (χ1) is 7.21. The molecule has 6 nitrogen and oxygen atoms in total. The minimum absolute atomic E-state index is 0.0433. The van der Waals surface area contributed by atoms with Gasteiger partial charge in [0, 0.05) is 13.1 Å². The van der Waals surface area contributed by atoms with Crippen LogP contribution in [0.25, 0.3) is 0 Å². The second kappa shape index (κ2) is 8.92. The van der Waals surface area contributed by atoms with Crippen LogP contribution in [0.15, 0.2) is 0 Å². The zero-order valence-electron chi connectivity index (χ0n) is 8.47. The van der Waals surface area contributed by atoms with Crippen molar-refractivity contribution in [3.05, 3.63) is 0 Å². The Morgan fingerprint density at radius 1 is 1.19 bits per heavy atom. The summed E-state index contributed by atoms with van der Waals surface area (Å²) >= 11 is 0. The maximum atomic E-state index is 10.6. The van der Waals surface area contributed by atoms with E-state index in [0.29, 0.717) is 6.54 Å². The number of carboxylic acids is 2. The van der Waals surface area contributed by atoms with E-state index in [0.717, 1.165) is 6.54 Å². The van der Waals surface area contributed by atoms with Gasteiger partial charge in [0.05, 0.1) is 6.54 Å². The van der Waals surface area contributed by atoms with E-state index in [1.54, 1.807) is 0 Å². The number of carboxylic acid groups (broad SMARTS) is 2. The van der Waals surface area contributed by atoms with Crippen LogP contribution in [0.5, 0.6) is 0 Å². The highest BCUT2D eigenvalue weighted by molar-refractivity contribution is 5.73. The first-order valence-corrected chi connectivity index (χ1v) is 4.09. The fourth-order valence-electron chi connectivity index (χ4n) is 0.409. The lowest BCUT2D eigenvalue weighted by Gasteiger charge is -1.98. The molecule has 9 heteroatoms. The molecule has 0 aromatic heterocycles. The second-order valence-electron chi connectivity index (χ2n) is 2.48. The van der Waals surface area contributed by atoms with Crippen molar-refractivity contribution in [3.63, 3.8) is 0 Å². The molecule has 0 rings (SSSR count). The minimum Gasteiger partial charge on any atom is -0.480 e. The average Bonchev–Trinajstić information content (AvgIpc) is 2.11. The number of halogens is 3. The van der Waals surface area contributed by atoms with E-state index in [1.165, 1.54) is 0 Å². The maximum absolute atomic E-state index is 10.6. The lowest BCUT2D eigenvalue weighted by Crippen LogP contribution is -2.29. The van der Waals surface area contributed by atoms with Crippen LogP contribution in [0.4, 0.5) is 13.2 Å². The number of nitrogens with one attached hydrogen (secondary N) is 2. The van der Waals surface area contributed by atoms with Gasteiger partial charge in [-0.2, -0.15) is 13.2 Å². The lowest BCUT2D eigenvalue weighted by atomic mass is 10.6. The van der Waals surface area contributed by atoms with E-state index < -0.39 is 18.1 Å². The molecule has 0 radical (unpaired) electrons. The molecule has 0 amide bonds. The first-order valence-electron chi connectivity index (χ1n) is 4.09. The van der Waals surface area contributed by atoms with E-state index in [4.69, 9.17) is 15.0 Å². The van der Waals surface area contributed by atoms with Crippen molar-refractivity contribution in [2.45, 2.75) is 6.18 Å². The topological polar surface area (TPSA) is 98.7 Å². The van der Waals surface area contributed by atoms with Crippen molar-refractivity contribution in [1.82, 2.24) is 10.6 Å². The summed E-state index contributed by atoms with van der Waals surface area (Å²) in [6.45, 7) is 1.54. The zero-order chi connectivity index (χ0) is 13.2. The molecule has 0 aromatic carbocycles. The van der Waals surface area contributed by atoms with Gasteiger partial charge >= 0.3 is 18.1 Å². The standard InChI is InChI=1S/C5H12N2O2.C2HF3O2/c1-6-2-3-7-4-5(8)9;3-2(4,5)1(6)7/h6-7H,2-4H2,1H3,(H,8,9);(H,6,7). The van der Waals surface area contributed by atoms with Gasteiger partial charge in [0.15, 0.2) is 0 Å². The predicted octanol–water partition coefficient (Wildman–Crippen LogP) is -0.487. The molecule has 0 aliphatic rings. The van der Waals surface area contributed by atoms with Gasteiger partial charge in [-0.15, -0.1) is 0 Å². The summed E-state index contributed by atoms with van der Waals surface area (Å²) in [7, 11) is 1.82. The summed E-state index contributed by atoms with van der Waals surface area (Å²) in [6.07, 6.45) is -5.08. The summed E-state index contributed by atoms with van der Waals surface area (Å²) in [5.74, 6) is -3.57. The summed E-state index contributed by atoms with van der Waals surface area (Å²) < 4.78 is 31.7. The first kappa shape index (κ1) is 17.1. The Labute approximate surface area is 89.4 Å². The Bertz CT molecular complexity index is 220. The van der Waals surface area contributed by atoms with Gasteiger partial charge in [-0.1, -0.05) is 0 Å². The quantitative estimate of drug-likeness (QED) is 0.489. The largest absolute Gasteiger partial charge is 0.490 e. The van der Waals surface area contributed by atoms with Crippen molar-refractivity contribution in [3.8, 4) is 0 Å². The Hall–Kier alpha value is -1.35. The van der Waals surface area contributed by atoms with Gasteiger partial charge in [-0.3, -0.25) is 4.79 Å². The zero-order valence-corrected chi connectivity index (χ0v) is 8.47. The number of hydrogen-bond acceptors (Lipinski definition) is 4. The molecule has 4 N–H and O–H groups in total. The third kappa shape index (κ3) is 15.1. The summed E-state index contributed by atoms with van der Waals surface area (Å²) in [5.41, 5.74) is 0. The van der Waals surface area contributed by atoms with E-state index in [9.17, 15) is 18.0 Å². The number of hydrogen-bond donors (Lipinski definition) is 4. The molecule has 0 aliphatic heterocycles. The third-order valence-electron chi connectivity index (χ3n) is 1.07. The van der Waals surface area contributed by atoms with Gasteiger partial charge in [0.1, 0.15) is 0 Å². The summed E-state index contributed by atoms with van der Waals surface area (Å²) in [5, 5.41) is 20.9. The number of likely N-dealkylation sites (N-methyl/N-ethyl adjacent to an activating group) is 1. The van der Waals surface area contributed by atoms with Gasteiger partial charge in [0.2, 0.25) is 0 Å².